The van der Waals surface area contributed by atoms with Crippen LogP contribution in [-0.2, 0) is 4.79 Å². The van der Waals surface area contributed by atoms with Crippen molar-refractivity contribution in [3.63, 3.8) is 0 Å². The van der Waals surface area contributed by atoms with Gasteiger partial charge in [-0.1, -0.05) is 13.8 Å². The summed E-state index contributed by atoms with van der Waals surface area (Å²) >= 11 is 0. The van der Waals surface area contributed by atoms with Gasteiger partial charge in [-0.2, -0.15) is 0 Å². The van der Waals surface area contributed by atoms with E-state index in [1.54, 1.807) is 6.92 Å². The molecule has 3 nitrogen and oxygen atoms in total. The molecule has 0 aromatic rings. The molecule has 0 aliphatic carbocycles. The molecule has 0 spiro atoms. The van der Waals surface area contributed by atoms with Gasteiger partial charge in [0.25, 0.3) is 0 Å². The van der Waals surface area contributed by atoms with Crippen LogP contribution in [0.25, 0.3) is 0 Å². The van der Waals surface area contributed by atoms with Gasteiger partial charge in [0.05, 0.1) is 0 Å². The van der Waals surface area contributed by atoms with Gasteiger partial charge < -0.3 is 9.69 Å². The van der Waals surface area contributed by atoms with Crippen LogP contribution in [0, 0.1) is 0 Å². The Morgan fingerprint density at radius 3 is 2.62 bits per heavy atom. The van der Waals surface area contributed by atoms with Gasteiger partial charge >= 0.3 is 0 Å². The number of carbonyl (C=O) groups is 1. The van der Waals surface area contributed by atoms with Gasteiger partial charge in [-0.3, -0.25) is 4.90 Å². The number of Topliss-reactive ketones (excluding diaryl/α,β-unsaturated/α-hetero) is 1. The first kappa shape index (κ1) is 13.7. The minimum absolute atomic E-state index is 0.319. The molecule has 1 aliphatic rings. The van der Waals surface area contributed by atoms with Gasteiger partial charge in [0.2, 0.25) is 0 Å². The summed E-state index contributed by atoms with van der Waals surface area (Å²) in [6.45, 7) is 12.0. The van der Waals surface area contributed by atoms with Crippen LogP contribution in [-0.4, -0.2) is 54.3 Å². The highest BCUT2D eigenvalue weighted by Gasteiger charge is 2.25. The predicted molar refractivity (Wildman–Crippen MR) is 67.7 cm³/mol. The molecule has 1 aliphatic heterocycles. The number of rotatable bonds is 7. The molecule has 94 valence electrons. The van der Waals surface area contributed by atoms with Gasteiger partial charge in [0.15, 0.2) is 0 Å². The van der Waals surface area contributed by atoms with Gasteiger partial charge in [-0.25, -0.2) is 0 Å². The minimum atomic E-state index is 0.319. The third kappa shape index (κ3) is 4.22. The van der Waals surface area contributed by atoms with Gasteiger partial charge in [-0.05, 0) is 45.9 Å². The monoisotopic (exact) mass is 226 g/mol. The number of likely N-dealkylation sites (tertiary alicyclic amines) is 1. The van der Waals surface area contributed by atoms with Crippen molar-refractivity contribution < 1.29 is 4.79 Å². The molecular formula is C13H26N2O. The maximum atomic E-state index is 10.9. The van der Waals surface area contributed by atoms with Crippen molar-refractivity contribution in [3.05, 3.63) is 0 Å². The van der Waals surface area contributed by atoms with Crippen molar-refractivity contribution in [2.24, 2.45) is 0 Å². The summed E-state index contributed by atoms with van der Waals surface area (Å²) < 4.78 is 0. The molecule has 3 heteroatoms. The highest BCUT2D eigenvalue weighted by Crippen LogP contribution is 2.15. The van der Waals surface area contributed by atoms with Crippen LogP contribution in [0.2, 0.25) is 0 Å². The van der Waals surface area contributed by atoms with Crippen molar-refractivity contribution in [3.8, 4) is 0 Å². The molecule has 0 saturated carbocycles. The van der Waals surface area contributed by atoms with Crippen LogP contribution in [0.15, 0.2) is 0 Å². The first-order valence-corrected chi connectivity index (χ1v) is 6.63. The van der Waals surface area contributed by atoms with E-state index in [4.69, 9.17) is 0 Å². The zero-order valence-electron chi connectivity index (χ0n) is 11.0. The Morgan fingerprint density at radius 1 is 1.38 bits per heavy atom. The maximum Gasteiger partial charge on any atom is 0.129 e. The number of hydrogen-bond acceptors (Lipinski definition) is 3. The molecule has 0 bridgehead atoms. The van der Waals surface area contributed by atoms with Gasteiger partial charge in [0, 0.05) is 19.0 Å². The summed E-state index contributed by atoms with van der Waals surface area (Å²) in [5.74, 6) is 0.319. The smallest absolute Gasteiger partial charge is 0.129 e. The lowest BCUT2D eigenvalue weighted by Gasteiger charge is -2.26. The number of carbonyl (C=O) groups excluding carboxylic acids is 1. The fraction of sp³-hybridized carbons (Fsp3) is 0.923. The van der Waals surface area contributed by atoms with E-state index in [9.17, 15) is 4.79 Å². The Labute approximate surface area is 99.8 Å². The summed E-state index contributed by atoms with van der Waals surface area (Å²) in [4.78, 5) is 15.9. The Kier molecular flexibility index (Phi) is 5.99. The molecule has 1 saturated heterocycles. The van der Waals surface area contributed by atoms with Crippen LogP contribution in [0.1, 0.15) is 40.0 Å². The minimum Gasteiger partial charge on any atom is -0.302 e. The number of ketones is 1. The van der Waals surface area contributed by atoms with Crippen molar-refractivity contribution in [1.82, 2.24) is 9.80 Å². The van der Waals surface area contributed by atoms with E-state index >= 15 is 0 Å². The van der Waals surface area contributed by atoms with Gasteiger partial charge in [-0.15, -0.1) is 0 Å². The topological polar surface area (TPSA) is 23.6 Å². The summed E-state index contributed by atoms with van der Waals surface area (Å²) in [5, 5.41) is 0. The van der Waals surface area contributed by atoms with Crippen LogP contribution in [0.3, 0.4) is 0 Å². The summed E-state index contributed by atoms with van der Waals surface area (Å²) in [6, 6.07) is 0.743. The van der Waals surface area contributed by atoms with Crippen molar-refractivity contribution in [1.29, 1.82) is 0 Å². The second kappa shape index (κ2) is 7.02. The van der Waals surface area contributed by atoms with E-state index in [2.05, 4.69) is 23.6 Å². The molecule has 0 radical (unpaired) electrons. The van der Waals surface area contributed by atoms with E-state index in [1.165, 1.54) is 19.5 Å². The SMILES string of the molecule is CCN(CC)C1CCN(CCCC(C)=O)C1. The van der Waals surface area contributed by atoms with Crippen molar-refractivity contribution >= 4 is 5.78 Å². The van der Waals surface area contributed by atoms with Crippen LogP contribution in [0.5, 0.6) is 0 Å². The molecular weight excluding hydrogens is 200 g/mol. The predicted octanol–water partition coefficient (Wildman–Crippen LogP) is 1.77. The zero-order valence-corrected chi connectivity index (χ0v) is 11.0. The van der Waals surface area contributed by atoms with E-state index in [0.29, 0.717) is 5.78 Å². The molecule has 1 unspecified atom stereocenters. The number of nitrogens with zero attached hydrogens (tertiary/aromatic N) is 2. The second-order valence-electron chi connectivity index (χ2n) is 4.77. The largest absolute Gasteiger partial charge is 0.302 e. The van der Waals surface area contributed by atoms with Crippen LogP contribution < -0.4 is 0 Å². The third-order valence-corrected chi connectivity index (χ3v) is 3.58. The zero-order chi connectivity index (χ0) is 12.0. The Morgan fingerprint density at radius 2 is 2.06 bits per heavy atom. The average molecular weight is 226 g/mol. The van der Waals surface area contributed by atoms with E-state index in [-0.39, 0.29) is 0 Å². The second-order valence-corrected chi connectivity index (χ2v) is 4.77. The molecule has 0 N–H and O–H groups in total. The van der Waals surface area contributed by atoms with Crippen LogP contribution >= 0.6 is 0 Å². The lowest BCUT2D eigenvalue weighted by Crippen LogP contribution is -2.37. The van der Waals surface area contributed by atoms with Crippen molar-refractivity contribution in [2.75, 3.05) is 32.7 Å². The lowest BCUT2D eigenvalue weighted by atomic mass is 10.2. The normalized spacial score (nSPS) is 21.9. The molecule has 1 fully saturated rings. The number of likely N-dealkylation sites (N-methyl/N-ethyl adjacent to an activating group) is 1. The number of hydrogen-bond donors (Lipinski definition) is 0. The average Bonchev–Trinajstić information content (AvgIpc) is 2.68. The molecule has 0 aromatic heterocycles. The molecule has 0 amide bonds. The highest BCUT2D eigenvalue weighted by molar-refractivity contribution is 5.75. The molecule has 0 aromatic carbocycles. The fourth-order valence-electron chi connectivity index (χ4n) is 2.60. The first-order chi connectivity index (χ1) is 7.67. The molecule has 16 heavy (non-hydrogen) atoms. The van der Waals surface area contributed by atoms with Crippen LogP contribution in [0.4, 0.5) is 0 Å². The first-order valence-electron chi connectivity index (χ1n) is 6.63. The standard InChI is InChI=1S/C13H26N2O/c1-4-15(5-2)13-8-10-14(11-13)9-6-7-12(3)16/h13H,4-11H2,1-3H3. The van der Waals surface area contributed by atoms with Crippen molar-refractivity contribution in [2.45, 2.75) is 46.1 Å². The maximum absolute atomic E-state index is 10.9. The fourth-order valence-corrected chi connectivity index (χ4v) is 2.60. The van der Waals surface area contributed by atoms with E-state index < -0.39 is 0 Å². The quantitative estimate of drug-likeness (QED) is 0.661. The van der Waals surface area contributed by atoms with Gasteiger partial charge in [0.1, 0.15) is 5.78 Å². The van der Waals surface area contributed by atoms with E-state index in [0.717, 1.165) is 38.5 Å². The Balaban J connectivity index is 2.21. The summed E-state index contributed by atoms with van der Waals surface area (Å²) in [5.41, 5.74) is 0. The highest BCUT2D eigenvalue weighted by atomic mass is 16.1. The lowest BCUT2D eigenvalue weighted by molar-refractivity contribution is -0.117. The van der Waals surface area contributed by atoms with E-state index in [1.807, 2.05) is 0 Å². The molecule has 1 heterocycles. The molecule has 1 rings (SSSR count). The summed E-state index contributed by atoms with van der Waals surface area (Å²) in [6.07, 6.45) is 3.06. The molecule has 1 atom stereocenters. The Hall–Kier alpha value is -0.410. The Bertz CT molecular complexity index is 214. The summed E-state index contributed by atoms with van der Waals surface area (Å²) in [7, 11) is 0. The third-order valence-electron chi connectivity index (χ3n) is 3.58.